The Bertz CT molecular complexity index is 533. The molecule has 0 amide bonds. The molecule has 3 rings (SSSR count). The fraction of sp³-hybridized carbons (Fsp3) is 0.500. The third-order valence-corrected chi connectivity index (χ3v) is 5.19. The second-order valence-electron chi connectivity index (χ2n) is 6.73. The lowest BCUT2D eigenvalue weighted by Gasteiger charge is -2.23. The molecule has 17 heavy (non-hydrogen) atoms. The molecule has 2 aliphatic rings. The van der Waals surface area contributed by atoms with Gasteiger partial charge in [0.15, 0.2) is 0 Å². The summed E-state index contributed by atoms with van der Waals surface area (Å²) in [7, 11) is 0. The van der Waals surface area contributed by atoms with Gasteiger partial charge in [-0.3, -0.25) is 0 Å². The number of allylic oxidation sites excluding steroid dienone is 1. The molecule has 0 unspecified atom stereocenters. The first kappa shape index (κ1) is 11.5. The van der Waals surface area contributed by atoms with Crippen molar-refractivity contribution in [3.63, 3.8) is 0 Å². The fourth-order valence-electron chi connectivity index (χ4n) is 3.85. The van der Waals surface area contributed by atoms with Crippen molar-refractivity contribution in [2.75, 3.05) is 0 Å². The average molecular weight is 291 g/mol. The van der Waals surface area contributed by atoms with E-state index in [1.54, 1.807) is 11.1 Å². The second kappa shape index (κ2) is 3.26. The molecule has 1 aromatic carbocycles. The van der Waals surface area contributed by atoms with Gasteiger partial charge in [0.2, 0.25) is 0 Å². The van der Waals surface area contributed by atoms with Crippen molar-refractivity contribution in [1.29, 1.82) is 0 Å². The van der Waals surface area contributed by atoms with Crippen molar-refractivity contribution in [3.8, 4) is 0 Å². The van der Waals surface area contributed by atoms with Gasteiger partial charge in [-0.1, -0.05) is 61.8 Å². The maximum Gasteiger partial charge on any atom is 0.0256 e. The molecule has 0 spiro atoms. The van der Waals surface area contributed by atoms with Crippen LogP contribution in [0, 0.1) is 0 Å². The summed E-state index contributed by atoms with van der Waals surface area (Å²) in [5.74, 6) is 0. The van der Waals surface area contributed by atoms with E-state index in [2.05, 4.69) is 61.8 Å². The van der Waals surface area contributed by atoms with E-state index >= 15 is 0 Å². The molecule has 0 radical (unpaired) electrons. The van der Waals surface area contributed by atoms with E-state index in [0.717, 1.165) is 6.42 Å². The van der Waals surface area contributed by atoms with E-state index in [-0.39, 0.29) is 5.41 Å². The van der Waals surface area contributed by atoms with Crippen molar-refractivity contribution < 1.29 is 0 Å². The van der Waals surface area contributed by atoms with Gasteiger partial charge in [0.1, 0.15) is 0 Å². The number of fused-ring (bicyclic) bond motifs is 2. The summed E-state index contributed by atoms with van der Waals surface area (Å²) >= 11 is 3.87. The Labute approximate surface area is 112 Å². The van der Waals surface area contributed by atoms with E-state index in [4.69, 9.17) is 0 Å². The third kappa shape index (κ3) is 1.48. The highest BCUT2D eigenvalue weighted by atomic mass is 79.9. The van der Waals surface area contributed by atoms with Crippen molar-refractivity contribution in [3.05, 3.63) is 38.9 Å². The zero-order valence-corrected chi connectivity index (χ0v) is 12.6. The van der Waals surface area contributed by atoms with Gasteiger partial charge in [0.05, 0.1) is 0 Å². The summed E-state index contributed by atoms with van der Waals surface area (Å²) in [5, 5.41) is 0. The van der Waals surface area contributed by atoms with Crippen LogP contribution in [0.15, 0.2) is 16.6 Å². The minimum absolute atomic E-state index is 0.287. The lowest BCUT2D eigenvalue weighted by molar-refractivity contribution is 0.402. The average Bonchev–Trinajstić information content (AvgIpc) is 2.68. The maximum atomic E-state index is 3.87. The van der Waals surface area contributed by atoms with Gasteiger partial charge in [-0.2, -0.15) is 0 Å². The number of halogens is 1. The Morgan fingerprint density at radius 2 is 1.82 bits per heavy atom. The molecule has 0 saturated heterocycles. The molecule has 1 aromatic rings. The van der Waals surface area contributed by atoms with Crippen molar-refractivity contribution >= 4 is 22.0 Å². The van der Waals surface area contributed by atoms with E-state index in [9.17, 15) is 0 Å². The Morgan fingerprint density at radius 1 is 1.12 bits per heavy atom. The zero-order chi connectivity index (χ0) is 12.4. The number of hydrogen-bond acceptors (Lipinski definition) is 0. The lowest BCUT2D eigenvalue weighted by atomic mass is 9.82. The standard InChI is InChI=1S/C16H19Br/c1-15(2)9-16(3,4)13-12(15)8-10-6-5-7-11(10)14(13)17/h5-6,8H,7,9H2,1-4H3. The summed E-state index contributed by atoms with van der Waals surface area (Å²) < 4.78 is 1.37. The van der Waals surface area contributed by atoms with E-state index < -0.39 is 0 Å². The second-order valence-corrected chi connectivity index (χ2v) is 7.52. The summed E-state index contributed by atoms with van der Waals surface area (Å²) in [5.41, 5.74) is 6.57. The van der Waals surface area contributed by atoms with Crippen LogP contribution >= 0.6 is 15.9 Å². The first-order chi connectivity index (χ1) is 7.83. The molecule has 0 N–H and O–H groups in total. The van der Waals surface area contributed by atoms with Crippen molar-refractivity contribution in [2.24, 2.45) is 0 Å². The molecule has 0 fully saturated rings. The summed E-state index contributed by atoms with van der Waals surface area (Å²) in [4.78, 5) is 0. The molecule has 90 valence electrons. The van der Waals surface area contributed by atoms with Crippen molar-refractivity contribution in [1.82, 2.24) is 0 Å². The zero-order valence-electron chi connectivity index (χ0n) is 11.0. The molecule has 0 aromatic heterocycles. The Morgan fingerprint density at radius 3 is 2.53 bits per heavy atom. The molecule has 0 bridgehead atoms. The molecule has 0 aliphatic heterocycles. The van der Waals surface area contributed by atoms with Crippen LogP contribution in [0.3, 0.4) is 0 Å². The highest BCUT2D eigenvalue weighted by molar-refractivity contribution is 9.10. The van der Waals surface area contributed by atoms with Gasteiger partial charge in [-0.05, 0) is 45.9 Å². The fourth-order valence-corrected chi connectivity index (χ4v) is 5.00. The molecule has 0 heterocycles. The largest absolute Gasteiger partial charge is 0.0795 e. The SMILES string of the molecule is CC1(C)CC(C)(C)c2c1cc1c(c2Br)CC=C1. The number of hydrogen-bond donors (Lipinski definition) is 0. The topological polar surface area (TPSA) is 0 Å². The van der Waals surface area contributed by atoms with Crippen LogP contribution in [-0.2, 0) is 17.3 Å². The van der Waals surface area contributed by atoms with Crippen LogP contribution in [0.5, 0.6) is 0 Å². The minimum atomic E-state index is 0.287. The molecule has 2 aliphatic carbocycles. The number of benzene rings is 1. The Kier molecular flexibility index (Phi) is 2.21. The highest BCUT2D eigenvalue weighted by Gasteiger charge is 2.44. The highest BCUT2D eigenvalue weighted by Crippen LogP contribution is 2.53. The predicted molar refractivity (Wildman–Crippen MR) is 77.5 cm³/mol. The van der Waals surface area contributed by atoms with Crippen LogP contribution in [0.25, 0.3) is 6.08 Å². The van der Waals surface area contributed by atoms with Crippen LogP contribution in [0.1, 0.15) is 56.4 Å². The first-order valence-electron chi connectivity index (χ1n) is 6.36. The number of rotatable bonds is 0. The monoisotopic (exact) mass is 290 g/mol. The molecular weight excluding hydrogens is 272 g/mol. The molecule has 0 nitrogen and oxygen atoms in total. The molecule has 0 atom stereocenters. The van der Waals surface area contributed by atoms with E-state index in [1.807, 2.05) is 0 Å². The summed E-state index contributed by atoms with van der Waals surface area (Å²) in [6, 6.07) is 2.42. The molecule has 0 saturated carbocycles. The normalized spacial score (nSPS) is 22.6. The summed E-state index contributed by atoms with van der Waals surface area (Å²) in [6.07, 6.45) is 6.85. The Hall–Kier alpha value is -0.560. The van der Waals surface area contributed by atoms with Crippen LogP contribution in [0.4, 0.5) is 0 Å². The quantitative estimate of drug-likeness (QED) is 0.632. The first-order valence-corrected chi connectivity index (χ1v) is 7.15. The maximum absolute atomic E-state index is 3.87. The van der Waals surface area contributed by atoms with Crippen LogP contribution < -0.4 is 0 Å². The van der Waals surface area contributed by atoms with Gasteiger partial charge >= 0.3 is 0 Å². The molecule has 1 heteroatoms. The summed E-state index contributed by atoms with van der Waals surface area (Å²) in [6.45, 7) is 9.50. The Balaban J connectivity index is 2.35. The van der Waals surface area contributed by atoms with Gasteiger partial charge in [-0.15, -0.1) is 0 Å². The van der Waals surface area contributed by atoms with E-state index in [1.165, 1.54) is 22.0 Å². The van der Waals surface area contributed by atoms with Crippen LogP contribution in [-0.4, -0.2) is 0 Å². The minimum Gasteiger partial charge on any atom is -0.0795 e. The smallest absolute Gasteiger partial charge is 0.0256 e. The van der Waals surface area contributed by atoms with Crippen LogP contribution in [0.2, 0.25) is 0 Å². The lowest BCUT2D eigenvalue weighted by Crippen LogP contribution is -2.18. The van der Waals surface area contributed by atoms with Gasteiger partial charge in [0, 0.05) is 4.47 Å². The molecular formula is C16H19Br. The third-order valence-electron chi connectivity index (χ3n) is 4.31. The van der Waals surface area contributed by atoms with Gasteiger partial charge in [-0.25, -0.2) is 0 Å². The van der Waals surface area contributed by atoms with Gasteiger partial charge in [0.25, 0.3) is 0 Å². The van der Waals surface area contributed by atoms with E-state index in [0.29, 0.717) is 5.41 Å². The van der Waals surface area contributed by atoms with Gasteiger partial charge < -0.3 is 0 Å². The van der Waals surface area contributed by atoms with Crippen molar-refractivity contribution in [2.45, 2.75) is 51.4 Å². The predicted octanol–water partition coefficient (Wildman–Crippen LogP) is 4.98.